The van der Waals surface area contributed by atoms with Gasteiger partial charge in [0.05, 0.1) is 8.07 Å². The van der Waals surface area contributed by atoms with Crippen molar-refractivity contribution in [3.05, 3.63) is 60.9 Å². The molecule has 1 aliphatic rings. The lowest BCUT2D eigenvalue weighted by atomic mass is 9.77. The van der Waals surface area contributed by atoms with Crippen molar-refractivity contribution in [3.8, 4) is 0 Å². The third kappa shape index (κ3) is 4.35. The molecule has 0 saturated heterocycles. The summed E-state index contributed by atoms with van der Waals surface area (Å²) in [6, 6.07) is 0. The number of hydrogen-bond donors (Lipinski definition) is 0. The Morgan fingerprint density at radius 1 is 1.06 bits per heavy atom. The van der Waals surface area contributed by atoms with E-state index in [-0.39, 0.29) is 5.41 Å². The molecule has 0 N–H and O–H groups in total. The quantitative estimate of drug-likeness (QED) is 0.469. The average molecular weight is 244 g/mol. The Bertz CT molecular complexity index is 347. The van der Waals surface area contributed by atoms with Crippen LogP contribution in [0.2, 0.25) is 19.6 Å². The van der Waals surface area contributed by atoms with Crippen LogP contribution in [-0.2, 0) is 0 Å². The zero-order valence-corrected chi connectivity index (χ0v) is 12.4. The van der Waals surface area contributed by atoms with Crippen LogP contribution in [-0.4, -0.2) is 8.07 Å². The molecule has 0 atom stereocenters. The van der Waals surface area contributed by atoms with Crippen molar-refractivity contribution in [3.63, 3.8) is 0 Å². The molecule has 1 rings (SSSR count). The molecule has 0 spiro atoms. The largest absolute Gasteiger partial charge is 0.103 e. The first-order chi connectivity index (χ1) is 7.91. The highest BCUT2D eigenvalue weighted by Gasteiger charge is 2.23. The molecular weight excluding hydrogens is 220 g/mol. The molecule has 0 heterocycles. The molecule has 0 unspecified atom stereocenters. The Morgan fingerprint density at radius 2 is 1.53 bits per heavy atom. The van der Waals surface area contributed by atoms with Crippen LogP contribution in [0.4, 0.5) is 0 Å². The molecule has 1 heteroatoms. The standard InChI is InChI=1S/C16H24Si/c1-6-10-16(11-7-2)12-8-15(9-13-16)14-17(3,4)5/h6-9,12-14H,1-2,10-11H2,3-5H3. The molecule has 0 nitrogen and oxygen atoms in total. The maximum atomic E-state index is 3.85. The van der Waals surface area contributed by atoms with Gasteiger partial charge in [-0.3, -0.25) is 0 Å². The van der Waals surface area contributed by atoms with Crippen LogP contribution in [0, 0.1) is 5.41 Å². The molecule has 0 fully saturated rings. The molecule has 0 aliphatic heterocycles. The van der Waals surface area contributed by atoms with Gasteiger partial charge in [-0.15, -0.1) is 13.2 Å². The Balaban J connectivity index is 2.90. The van der Waals surface area contributed by atoms with Gasteiger partial charge in [0, 0.05) is 5.41 Å². The summed E-state index contributed by atoms with van der Waals surface area (Å²) >= 11 is 0. The van der Waals surface area contributed by atoms with Gasteiger partial charge in [0.25, 0.3) is 0 Å². The fourth-order valence-electron chi connectivity index (χ4n) is 2.12. The maximum Gasteiger partial charge on any atom is 0.0694 e. The van der Waals surface area contributed by atoms with E-state index in [1.54, 1.807) is 0 Å². The second-order valence-electron chi connectivity index (χ2n) is 5.90. The number of hydrogen-bond acceptors (Lipinski definition) is 0. The van der Waals surface area contributed by atoms with Crippen molar-refractivity contribution in [1.82, 2.24) is 0 Å². The van der Waals surface area contributed by atoms with Crippen molar-refractivity contribution in [2.75, 3.05) is 0 Å². The fourth-order valence-corrected chi connectivity index (χ4v) is 3.32. The van der Waals surface area contributed by atoms with Gasteiger partial charge < -0.3 is 0 Å². The van der Waals surface area contributed by atoms with E-state index >= 15 is 0 Å². The minimum absolute atomic E-state index is 0.111. The van der Waals surface area contributed by atoms with Crippen molar-refractivity contribution < 1.29 is 0 Å². The van der Waals surface area contributed by atoms with Crippen LogP contribution in [0.25, 0.3) is 0 Å². The van der Waals surface area contributed by atoms with Gasteiger partial charge in [-0.1, -0.05) is 61.8 Å². The summed E-state index contributed by atoms with van der Waals surface area (Å²) < 4.78 is 0. The Hall–Kier alpha value is -1.08. The van der Waals surface area contributed by atoms with Crippen LogP contribution in [0.5, 0.6) is 0 Å². The van der Waals surface area contributed by atoms with E-state index in [4.69, 9.17) is 0 Å². The van der Waals surface area contributed by atoms with E-state index in [0.717, 1.165) is 12.8 Å². The smallest absolute Gasteiger partial charge is 0.0694 e. The Labute approximate surface area is 107 Å². The normalized spacial score (nSPS) is 17.9. The van der Waals surface area contributed by atoms with E-state index in [1.165, 1.54) is 5.57 Å². The van der Waals surface area contributed by atoms with Crippen molar-refractivity contribution in [2.24, 2.45) is 5.41 Å². The van der Waals surface area contributed by atoms with Crippen molar-refractivity contribution in [2.45, 2.75) is 32.5 Å². The van der Waals surface area contributed by atoms with E-state index in [9.17, 15) is 0 Å². The summed E-state index contributed by atoms with van der Waals surface area (Å²) in [6.07, 6.45) is 15.1. The molecule has 0 saturated carbocycles. The number of allylic oxidation sites excluding steroid dienone is 7. The van der Waals surface area contributed by atoms with Gasteiger partial charge in [-0.05, 0) is 18.4 Å². The van der Waals surface area contributed by atoms with Gasteiger partial charge in [-0.25, -0.2) is 0 Å². The summed E-state index contributed by atoms with van der Waals surface area (Å²) in [5.74, 6) is 0. The molecule has 0 radical (unpaired) electrons. The monoisotopic (exact) mass is 244 g/mol. The highest BCUT2D eigenvalue weighted by molar-refractivity contribution is 6.81. The first-order valence-electron chi connectivity index (χ1n) is 6.24. The van der Waals surface area contributed by atoms with E-state index < -0.39 is 8.07 Å². The third-order valence-corrected chi connectivity index (χ3v) is 4.06. The summed E-state index contributed by atoms with van der Waals surface area (Å²) in [4.78, 5) is 0. The highest BCUT2D eigenvalue weighted by Crippen LogP contribution is 2.35. The molecule has 0 bridgehead atoms. The second kappa shape index (κ2) is 5.50. The van der Waals surface area contributed by atoms with Crippen LogP contribution in [0.15, 0.2) is 60.9 Å². The third-order valence-electron chi connectivity index (χ3n) is 2.86. The minimum Gasteiger partial charge on any atom is -0.103 e. The summed E-state index contributed by atoms with van der Waals surface area (Å²) in [5.41, 5.74) is 3.90. The number of rotatable bonds is 5. The first-order valence-corrected chi connectivity index (χ1v) is 9.82. The lowest BCUT2D eigenvalue weighted by Gasteiger charge is -2.27. The van der Waals surface area contributed by atoms with Crippen LogP contribution in [0.3, 0.4) is 0 Å². The average Bonchev–Trinajstić information content (AvgIpc) is 2.21. The molecule has 17 heavy (non-hydrogen) atoms. The van der Waals surface area contributed by atoms with E-state index in [1.807, 2.05) is 12.2 Å². The fraction of sp³-hybridized carbons (Fsp3) is 0.375. The van der Waals surface area contributed by atoms with Crippen molar-refractivity contribution in [1.29, 1.82) is 0 Å². The Morgan fingerprint density at radius 3 is 1.88 bits per heavy atom. The maximum absolute atomic E-state index is 3.85. The van der Waals surface area contributed by atoms with Gasteiger partial charge in [0.2, 0.25) is 0 Å². The summed E-state index contributed by atoms with van der Waals surface area (Å²) in [6.45, 7) is 14.8. The Kier molecular flexibility index (Phi) is 4.52. The van der Waals surface area contributed by atoms with Crippen LogP contribution < -0.4 is 0 Å². The molecule has 0 amide bonds. The molecule has 1 aliphatic carbocycles. The van der Waals surface area contributed by atoms with Gasteiger partial charge in [0.15, 0.2) is 0 Å². The molecular formula is C16H24Si. The topological polar surface area (TPSA) is 0 Å². The summed E-state index contributed by atoms with van der Waals surface area (Å²) in [7, 11) is -1.13. The zero-order chi connectivity index (χ0) is 12.9. The molecule has 0 aromatic heterocycles. The predicted octanol–water partition coefficient (Wildman–Crippen LogP) is 5.05. The van der Waals surface area contributed by atoms with E-state index in [2.05, 4.69) is 62.8 Å². The van der Waals surface area contributed by atoms with Crippen molar-refractivity contribution >= 4 is 8.07 Å². The van der Waals surface area contributed by atoms with Crippen LogP contribution in [0.1, 0.15) is 12.8 Å². The highest BCUT2D eigenvalue weighted by atomic mass is 28.3. The minimum atomic E-state index is -1.13. The van der Waals surface area contributed by atoms with Gasteiger partial charge in [-0.2, -0.15) is 0 Å². The van der Waals surface area contributed by atoms with Gasteiger partial charge in [0.1, 0.15) is 0 Å². The molecule has 0 aromatic carbocycles. The summed E-state index contributed by atoms with van der Waals surface area (Å²) in [5, 5.41) is 0. The van der Waals surface area contributed by atoms with Crippen LogP contribution >= 0.6 is 0 Å². The lowest BCUT2D eigenvalue weighted by molar-refractivity contribution is 0.505. The lowest BCUT2D eigenvalue weighted by Crippen LogP contribution is -2.18. The first kappa shape index (κ1) is 14.0. The van der Waals surface area contributed by atoms with Gasteiger partial charge >= 0.3 is 0 Å². The van der Waals surface area contributed by atoms with E-state index in [0.29, 0.717) is 0 Å². The SMILES string of the molecule is C=CCC1(CC=C)C=CC(=C[Si](C)(C)C)C=C1. The molecule has 92 valence electrons. The second-order valence-corrected chi connectivity index (χ2v) is 10.9. The predicted molar refractivity (Wildman–Crippen MR) is 81.8 cm³/mol. The zero-order valence-electron chi connectivity index (χ0n) is 11.4. The molecule has 0 aromatic rings.